The van der Waals surface area contributed by atoms with Crippen molar-refractivity contribution in [1.82, 2.24) is 9.21 Å². The minimum Gasteiger partial charge on any atom is -0.322 e. The number of nitrogens with one attached hydrogen (secondary N) is 1. The molecule has 9 nitrogen and oxygen atoms in total. The third-order valence-electron chi connectivity index (χ3n) is 5.52. The van der Waals surface area contributed by atoms with Crippen molar-refractivity contribution in [3.05, 3.63) is 63.7 Å². The summed E-state index contributed by atoms with van der Waals surface area (Å²) in [6.07, 6.45) is -4.80. The van der Waals surface area contributed by atoms with Crippen LogP contribution in [0.5, 0.6) is 0 Å². The van der Waals surface area contributed by atoms with Crippen LogP contribution in [0.4, 0.5) is 24.5 Å². The first-order valence-corrected chi connectivity index (χ1v) is 11.8. The van der Waals surface area contributed by atoms with Gasteiger partial charge in [-0.15, -0.1) is 12.4 Å². The molecule has 1 amide bonds. The second-order valence-electron chi connectivity index (χ2n) is 8.00. The van der Waals surface area contributed by atoms with Crippen molar-refractivity contribution in [1.29, 1.82) is 0 Å². The zero-order valence-corrected chi connectivity index (χ0v) is 20.4. The van der Waals surface area contributed by atoms with Gasteiger partial charge in [0.1, 0.15) is 5.56 Å². The van der Waals surface area contributed by atoms with Crippen molar-refractivity contribution >= 4 is 39.7 Å². The minimum absolute atomic E-state index is 0. The van der Waals surface area contributed by atoms with Gasteiger partial charge in [0.05, 0.1) is 15.4 Å². The summed E-state index contributed by atoms with van der Waals surface area (Å²) in [5.41, 5.74) is -2.67. The number of rotatable bonds is 6. The number of nitrogens with zero attached hydrogens (tertiary/aromatic N) is 3. The summed E-state index contributed by atoms with van der Waals surface area (Å²) >= 11 is 0. The normalized spacial score (nSPS) is 15.5. The molecule has 192 valence electrons. The number of halogens is 4. The van der Waals surface area contributed by atoms with E-state index in [2.05, 4.69) is 10.2 Å². The predicted molar refractivity (Wildman–Crippen MR) is 125 cm³/mol. The molecule has 0 spiro atoms. The topological polar surface area (TPSA) is 113 Å². The predicted octanol–water partition coefficient (Wildman–Crippen LogP) is 4.00. The standard InChI is InChI=1S/C21H23F3N4O5S.ClH/c1-14(2)26-9-11-27(12-10-26)34(32,33)17-6-4-16(5-7-17)25-20(29)18-8-3-15(21(22,23)24)13-19(18)28(30)31;/h3-8,13-14H,9-12H2,1-2H3,(H,25,29);1H. The van der Waals surface area contributed by atoms with Crippen LogP contribution in [-0.2, 0) is 16.2 Å². The van der Waals surface area contributed by atoms with Gasteiger partial charge < -0.3 is 5.32 Å². The van der Waals surface area contributed by atoms with E-state index < -0.39 is 43.8 Å². The number of sulfonamides is 1. The lowest BCUT2D eigenvalue weighted by Gasteiger charge is -2.36. The van der Waals surface area contributed by atoms with Gasteiger partial charge in [-0.25, -0.2) is 8.42 Å². The molecule has 2 aromatic rings. The third kappa shape index (κ3) is 6.48. The van der Waals surface area contributed by atoms with Crippen molar-refractivity contribution in [2.24, 2.45) is 0 Å². The highest BCUT2D eigenvalue weighted by Crippen LogP contribution is 2.33. The Hall–Kier alpha value is -2.74. The fourth-order valence-corrected chi connectivity index (χ4v) is 4.99. The van der Waals surface area contributed by atoms with E-state index in [0.717, 1.165) is 6.07 Å². The van der Waals surface area contributed by atoms with E-state index in [-0.39, 0.29) is 23.0 Å². The molecule has 0 aromatic heterocycles. The Kier molecular flexibility index (Phi) is 8.87. The van der Waals surface area contributed by atoms with E-state index in [1.54, 1.807) is 0 Å². The maximum atomic E-state index is 12.9. The maximum Gasteiger partial charge on any atom is 0.416 e. The number of hydrogen-bond acceptors (Lipinski definition) is 6. The van der Waals surface area contributed by atoms with Crippen LogP contribution in [-0.4, -0.2) is 60.7 Å². The highest BCUT2D eigenvalue weighted by molar-refractivity contribution is 7.89. The van der Waals surface area contributed by atoms with E-state index >= 15 is 0 Å². The Morgan fingerprint density at radius 2 is 1.63 bits per heavy atom. The van der Waals surface area contributed by atoms with Gasteiger partial charge in [-0.2, -0.15) is 17.5 Å². The van der Waals surface area contributed by atoms with Crippen LogP contribution >= 0.6 is 12.4 Å². The fraction of sp³-hybridized carbons (Fsp3) is 0.381. The summed E-state index contributed by atoms with van der Waals surface area (Å²) in [4.78, 5) is 24.8. The van der Waals surface area contributed by atoms with Gasteiger partial charge in [0.25, 0.3) is 11.6 Å². The molecule has 35 heavy (non-hydrogen) atoms. The highest BCUT2D eigenvalue weighted by atomic mass is 35.5. The highest BCUT2D eigenvalue weighted by Gasteiger charge is 2.34. The lowest BCUT2D eigenvalue weighted by molar-refractivity contribution is -0.385. The molecule has 0 unspecified atom stereocenters. The summed E-state index contributed by atoms with van der Waals surface area (Å²) in [5.74, 6) is -0.999. The Bertz CT molecular complexity index is 1180. The van der Waals surface area contributed by atoms with E-state index in [9.17, 15) is 36.5 Å². The average Bonchev–Trinajstić information content (AvgIpc) is 2.78. The lowest BCUT2D eigenvalue weighted by Crippen LogP contribution is -2.50. The molecule has 14 heteroatoms. The first-order valence-electron chi connectivity index (χ1n) is 10.3. The van der Waals surface area contributed by atoms with Crippen LogP contribution in [0, 0.1) is 10.1 Å². The molecular weight excluding hydrogens is 513 g/mol. The number of hydrogen-bond donors (Lipinski definition) is 1. The molecule has 0 atom stereocenters. The summed E-state index contributed by atoms with van der Waals surface area (Å²) in [6, 6.07) is 7.12. The number of nitro benzene ring substituents is 1. The second-order valence-corrected chi connectivity index (χ2v) is 9.94. The quantitative estimate of drug-likeness (QED) is 0.441. The number of piperazine rings is 1. The van der Waals surface area contributed by atoms with Crippen LogP contribution < -0.4 is 5.32 Å². The number of carbonyl (C=O) groups excluding carboxylic acids is 1. The number of anilines is 1. The molecule has 0 aliphatic carbocycles. The average molecular weight is 537 g/mol. The van der Waals surface area contributed by atoms with E-state index in [1.165, 1.54) is 28.6 Å². The largest absolute Gasteiger partial charge is 0.416 e. The summed E-state index contributed by atoms with van der Waals surface area (Å²) in [5, 5.41) is 13.6. The van der Waals surface area contributed by atoms with E-state index in [0.29, 0.717) is 44.4 Å². The molecule has 0 radical (unpaired) electrons. The summed E-state index contributed by atoms with van der Waals surface area (Å²) in [6.45, 7) is 5.98. The van der Waals surface area contributed by atoms with Crippen LogP contribution in [0.2, 0.25) is 0 Å². The van der Waals surface area contributed by atoms with Gasteiger partial charge >= 0.3 is 6.18 Å². The van der Waals surface area contributed by atoms with Crippen LogP contribution in [0.15, 0.2) is 47.4 Å². The molecule has 1 aliphatic heterocycles. The van der Waals surface area contributed by atoms with Crippen molar-refractivity contribution in [2.75, 3.05) is 31.5 Å². The van der Waals surface area contributed by atoms with Crippen molar-refractivity contribution in [3.63, 3.8) is 0 Å². The van der Waals surface area contributed by atoms with Gasteiger partial charge in [0.15, 0.2) is 0 Å². The third-order valence-corrected chi connectivity index (χ3v) is 7.43. The lowest BCUT2D eigenvalue weighted by atomic mass is 10.1. The summed E-state index contributed by atoms with van der Waals surface area (Å²) < 4.78 is 65.8. The Morgan fingerprint density at radius 1 is 1.06 bits per heavy atom. The zero-order valence-electron chi connectivity index (χ0n) is 18.8. The molecule has 1 N–H and O–H groups in total. The summed E-state index contributed by atoms with van der Waals surface area (Å²) in [7, 11) is -3.75. The van der Waals surface area contributed by atoms with E-state index in [4.69, 9.17) is 0 Å². The number of alkyl halides is 3. The van der Waals surface area contributed by atoms with Crippen molar-refractivity contribution in [3.8, 4) is 0 Å². The monoisotopic (exact) mass is 536 g/mol. The molecule has 2 aromatic carbocycles. The van der Waals surface area contributed by atoms with Gasteiger partial charge in [-0.3, -0.25) is 19.8 Å². The van der Waals surface area contributed by atoms with Crippen molar-refractivity contribution in [2.45, 2.75) is 31.0 Å². The molecular formula is C21H24ClF3N4O5S. The van der Waals surface area contributed by atoms with Gasteiger partial charge in [0, 0.05) is 44.0 Å². The molecule has 1 fully saturated rings. The zero-order chi connectivity index (χ0) is 25.3. The fourth-order valence-electron chi connectivity index (χ4n) is 3.57. The molecule has 0 saturated carbocycles. The van der Waals surface area contributed by atoms with Crippen LogP contribution in [0.1, 0.15) is 29.8 Å². The van der Waals surface area contributed by atoms with Crippen molar-refractivity contribution < 1.29 is 31.3 Å². The first kappa shape index (κ1) is 28.5. The molecule has 1 heterocycles. The van der Waals surface area contributed by atoms with Gasteiger partial charge in [-0.05, 0) is 50.2 Å². The van der Waals surface area contributed by atoms with Gasteiger partial charge in [-0.1, -0.05) is 0 Å². The number of benzene rings is 2. The number of carbonyl (C=O) groups is 1. The Labute approximate surface area is 206 Å². The minimum atomic E-state index is -4.80. The van der Waals surface area contributed by atoms with Gasteiger partial charge in [0.2, 0.25) is 10.0 Å². The molecule has 3 rings (SSSR count). The maximum absolute atomic E-state index is 12.9. The SMILES string of the molecule is CC(C)N1CCN(S(=O)(=O)c2ccc(NC(=O)c3ccc(C(F)(F)F)cc3[N+](=O)[O-])cc2)CC1.Cl. The number of amides is 1. The number of nitro groups is 1. The first-order chi connectivity index (χ1) is 15.8. The molecule has 0 bridgehead atoms. The van der Waals surface area contributed by atoms with Crippen LogP contribution in [0.3, 0.4) is 0 Å². The Morgan fingerprint density at radius 3 is 2.11 bits per heavy atom. The van der Waals surface area contributed by atoms with E-state index in [1.807, 2.05) is 13.8 Å². The smallest absolute Gasteiger partial charge is 0.322 e. The molecule has 1 aliphatic rings. The van der Waals surface area contributed by atoms with Crippen LogP contribution in [0.25, 0.3) is 0 Å². The second kappa shape index (κ2) is 10.9. The molecule has 1 saturated heterocycles. The Balaban J connectivity index is 0.00000432.